The SMILES string of the molecule is Cc1ccc(C(=O)Nc2cccc(C(=O)N3CCCC3C(=O)NC3CCCCC3)c2)cc1. The summed E-state index contributed by atoms with van der Waals surface area (Å²) >= 11 is 0. The van der Waals surface area contributed by atoms with Gasteiger partial charge in [-0.2, -0.15) is 0 Å². The van der Waals surface area contributed by atoms with Crippen molar-refractivity contribution >= 4 is 23.4 Å². The maximum atomic E-state index is 13.2. The summed E-state index contributed by atoms with van der Waals surface area (Å²) in [6.07, 6.45) is 7.09. The van der Waals surface area contributed by atoms with Gasteiger partial charge in [-0.05, 0) is 62.9 Å². The quantitative estimate of drug-likeness (QED) is 0.738. The first-order chi connectivity index (χ1) is 15.5. The average Bonchev–Trinajstić information content (AvgIpc) is 3.30. The van der Waals surface area contributed by atoms with Gasteiger partial charge in [0.1, 0.15) is 6.04 Å². The number of nitrogens with one attached hydrogen (secondary N) is 2. The number of anilines is 1. The Hall–Kier alpha value is -3.15. The molecule has 0 radical (unpaired) electrons. The lowest BCUT2D eigenvalue weighted by Crippen LogP contribution is -2.49. The van der Waals surface area contributed by atoms with Crippen molar-refractivity contribution in [3.63, 3.8) is 0 Å². The summed E-state index contributed by atoms with van der Waals surface area (Å²) in [6, 6.07) is 14.1. The van der Waals surface area contributed by atoms with Crippen molar-refractivity contribution in [1.29, 1.82) is 0 Å². The number of benzene rings is 2. The third kappa shape index (κ3) is 5.18. The maximum Gasteiger partial charge on any atom is 0.255 e. The second kappa shape index (κ2) is 9.98. The number of carbonyl (C=O) groups excluding carboxylic acids is 3. The molecule has 0 spiro atoms. The molecule has 2 aromatic carbocycles. The van der Waals surface area contributed by atoms with Crippen LogP contribution in [0.5, 0.6) is 0 Å². The number of rotatable bonds is 5. The fraction of sp³-hybridized carbons (Fsp3) is 0.423. The van der Waals surface area contributed by atoms with Gasteiger partial charge in [0.25, 0.3) is 11.8 Å². The Labute approximate surface area is 189 Å². The molecule has 2 aromatic rings. The Morgan fingerprint density at radius 2 is 1.62 bits per heavy atom. The predicted octanol–water partition coefficient (Wildman–Crippen LogP) is 4.30. The molecule has 6 nitrogen and oxygen atoms in total. The highest BCUT2D eigenvalue weighted by molar-refractivity contribution is 6.05. The fourth-order valence-corrected chi connectivity index (χ4v) is 4.63. The smallest absolute Gasteiger partial charge is 0.255 e. The molecule has 1 atom stereocenters. The van der Waals surface area contributed by atoms with Crippen LogP contribution in [0.2, 0.25) is 0 Å². The van der Waals surface area contributed by atoms with Crippen molar-refractivity contribution in [2.75, 3.05) is 11.9 Å². The third-order valence-electron chi connectivity index (χ3n) is 6.45. The van der Waals surface area contributed by atoms with Gasteiger partial charge >= 0.3 is 0 Å². The number of nitrogens with zero attached hydrogens (tertiary/aromatic N) is 1. The zero-order valence-corrected chi connectivity index (χ0v) is 18.6. The highest BCUT2D eigenvalue weighted by Gasteiger charge is 2.35. The van der Waals surface area contributed by atoms with Crippen LogP contribution in [0, 0.1) is 6.92 Å². The zero-order chi connectivity index (χ0) is 22.5. The van der Waals surface area contributed by atoms with E-state index < -0.39 is 6.04 Å². The molecular formula is C26H31N3O3. The normalized spacial score (nSPS) is 18.9. The van der Waals surface area contributed by atoms with Crippen LogP contribution in [0.25, 0.3) is 0 Å². The number of aryl methyl sites for hydroxylation is 1. The number of hydrogen-bond acceptors (Lipinski definition) is 3. The number of amides is 3. The van der Waals surface area contributed by atoms with Gasteiger partial charge in [0.2, 0.25) is 5.91 Å². The molecule has 1 unspecified atom stereocenters. The summed E-state index contributed by atoms with van der Waals surface area (Å²) in [5.74, 6) is -0.426. The first-order valence-corrected chi connectivity index (χ1v) is 11.6. The maximum absolute atomic E-state index is 13.2. The van der Waals surface area contributed by atoms with Crippen LogP contribution in [-0.2, 0) is 4.79 Å². The van der Waals surface area contributed by atoms with E-state index in [9.17, 15) is 14.4 Å². The third-order valence-corrected chi connectivity index (χ3v) is 6.45. The first kappa shape index (κ1) is 22.1. The van der Waals surface area contributed by atoms with Gasteiger partial charge in [-0.25, -0.2) is 0 Å². The Balaban J connectivity index is 1.42. The van der Waals surface area contributed by atoms with E-state index in [1.807, 2.05) is 19.1 Å². The summed E-state index contributed by atoms with van der Waals surface area (Å²) in [7, 11) is 0. The van der Waals surface area contributed by atoms with Crippen molar-refractivity contribution in [3.05, 3.63) is 65.2 Å². The Morgan fingerprint density at radius 1 is 0.875 bits per heavy atom. The fourth-order valence-electron chi connectivity index (χ4n) is 4.63. The monoisotopic (exact) mass is 433 g/mol. The summed E-state index contributed by atoms with van der Waals surface area (Å²) in [5, 5.41) is 6.03. The van der Waals surface area contributed by atoms with Crippen molar-refractivity contribution in [2.24, 2.45) is 0 Å². The molecule has 1 aliphatic carbocycles. The molecule has 32 heavy (non-hydrogen) atoms. The number of likely N-dealkylation sites (tertiary alicyclic amines) is 1. The lowest BCUT2D eigenvalue weighted by molar-refractivity contribution is -0.125. The molecule has 6 heteroatoms. The second-order valence-electron chi connectivity index (χ2n) is 8.90. The molecule has 2 fully saturated rings. The predicted molar refractivity (Wildman–Crippen MR) is 125 cm³/mol. The van der Waals surface area contributed by atoms with E-state index in [1.165, 1.54) is 6.42 Å². The molecule has 1 heterocycles. The highest BCUT2D eigenvalue weighted by atomic mass is 16.2. The van der Waals surface area contributed by atoms with Crippen LogP contribution in [0.3, 0.4) is 0 Å². The lowest BCUT2D eigenvalue weighted by atomic mass is 9.95. The van der Waals surface area contributed by atoms with Crippen LogP contribution in [0.1, 0.15) is 71.2 Å². The lowest BCUT2D eigenvalue weighted by Gasteiger charge is -2.28. The largest absolute Gasteiger partial charge is 0.352 e. The van der Waals surface area contributed by atoms with E-state index >= 15 is 0 Å². The Bertz CT molecular complexity index is 980. The van der Waals surface area contributed by atoms with Gasteiger partial charge in [-0.15, -0.1) is 0 Å². The van der Waals surface area contributed by atoms with E-state index in [4.69, 9.17) is 0 Å². The molecule has 1 saturated heterocycles. The van der Waals surface area contributed by atoms with E-state index in [0.29, 0.717) is 29.8 Å². The topological polar surface area (TPSA) is 78.5 Å². The van der Waals surface area contributed by atoms with E-state index in [-0.39, 0.29) is 23.8 Å². The molecular weight excluding hydrogens is 402 g/mol. The number of hydrogen-bond donors (Lipinski definition) is 2. The standard InChI is InChI=1S/C26H31N3O3/c1-18-12-14-19(15-13-18)24(30)28-22-10-5-7-20(17-22)26(32)29-16-6-11-23(29)25(31)27-21-8-3-2-4-9-21/h5,7,10,12-15,17,21,23H,2-4,6,8-9,11,16H2,1H3,(H,27,31)(H,28,30). The van der Waals surface area contributed by atoms with Gasteiger partial charge in [0.05, 0.1) is 0 Å². The van der Waals surface area contributed by atoms with Crippen molar-refractivity contribution in [1.82, 2.24) is 10.2 Å². The van der Waals surface area contributed by atoms with Gasteiger partial charge in [0.15, 0.2) is 0 Å². The molecule has 2 N–H and O–H groups in total. The van der Waals surface area contributed by atoms with E-state index in [2.05, 4.69) is 10.6 Å². The average molecular weight is 434 g/mol. The zero-order valence-electron chi connectivity index (χ0n) is 18.6. The number of carbonyl (C=O) groups is 3. The van der Waals surface area contributed by atoms with Crippen molar-refractivity contribution in [2.45, 2.75) is 64.0 Å². The molecule has 168 valence electrons. The Morgan fingerprint density at radius 3 is 2.38 bits per heavy atom. The summed E-state index contributed by atoms with van der Waals surface area (Å²) in [6.45, 7) is 2.54. The minimum atomic E-state index is -0.421. The molecule has 3 amide bonds. The highest BCUT2D eigenvalue weighted by Crippen LogP contribution is 2.24. The molecule has 2 aliphatic rings. The summed E-state index contributed by atoms with van der Waals surface area (Å²) in [4.78, 5) is 40.3. The van der Waals surface area contributed by atoms with Crippen LogP contribution in [-0.4, -0.2) is 41.2 Å². The second-order valence-corrected chi connectivity index (χ2v) is 8.90. The van der Waals surface area contributed by atoms with Crippen LogP contribution < -0.4 is 10.6 Å². The summed E-state index contributed by atoms with van der Waals surface area (Å²) in [5.41, 5.74) is 2.68. The molecule has 1 saturated carbocycles. The minimum Gasteiger partial charge on any atom is -0.352 e. The van der Waals surface area contributed by atoms with E-state index in [1.54, 1.807) is 41.3 Å². The molecule has 0 bridgehead atoms. The molecule has 4 rings (SSSR count). The van der Waals surface area contributed by atoms with Crippen LogP contribution in [0.4, 0.5) is 5.69 Å². The molecule has 1 aliphatic heterocycles. The molecule has 0 aromatic heterocycles. The van der Waals surface area contributed by atoms with Crippen molar-refractivity contribution in [3.8, 4) is 0 Å². The Kier molecular flexibility index (Phi) is 6.88. The van der Waals surface area contributed by atoms with Gasteiger partial charge in [0, 0.05) is 29.4 Å². The van der Waals surface area contributed by atoms with E-state index in [0.717, 1.165) is 37.7 Å². The van der Waals surface area contributed by atoms with Crippen LogP contribution >= 0.6 is 0 Å². The summed E-state index contributed by atoms with van der Waals surface area (Å²) < 4.78 is 0. The van der Waals surface area contributed by atoms with Gasteiger partial charge in [-0.3, -0.25) is 14.4 Å². The first-order valence-electron chi connectivity index (χ1n) is 11.6. The van der Waals surface area contributed by atoms with Crippen molar-refractivity contribution < 1.29 is 14.4 Å². The van der Waals surface area contributed by atoms with Gasteiger partial charge < -0.3 is 15.5 Å². The van der Waals surface area contributed by atoms with Gasteiger partial charge in [-0.1, -0.05) is 43.0 Å². The minimum absolute atomic E-state index is 0.0356. The van der Waals surface area contributed by atoms with Crippen LogP contribution in [0.15, 0.2) is 48.5 Å².